The van der Waals surface area contributed by atoms with Crippen LogP contribution in [0.5, 0.6) is 0 Å². The monoisotopic (exact) mass is 344 g/mol. The molecule has 0 radical (unpaired) electrons. The maximum atomic E-state index is 12.2. The molecule has 1 aromatic rings. The number of rotatable bonds is 7. The highest BCUT2D eigenvalue weighted by molar-refractivity contribution is 5.78. The predicted molar refractivity (Wildman–Crippen MR) is 84.2 cm³/mol. The van der Waals surface area contributed by atoms with Gasteiger partial charge in [0.1, 0.15) is 6.54 Å². The van der Waals surface area contributed by atoms with Crippen LogP contribution in [-0.2, 0) is 11.3 Å². The van der Waals surface area contributed by atoms with Crippen molar-refractivity contribution in [1.29, 1.82) is 0 Å². The molecule has 1 aliphatic rings. The Bertz CT molecular complexity index is 528. The Morgan fingerprint density at radius 2 is 1.83 bits per heavy atom. The van der Waals surface area contributed by atoms with Crippen LogP contribution in [0.1, 0.15) is 31.2 Å². The van der Waals surface area contributed by atoms with E-state index in [1.165, 1.54) is 0 Å². The molecule has 1 amide bonds. The summed E-state index contributed by atoms with van der Waals surface area (Å²) in [6.07, 6.45) is -1.26. The van der Waals surface area contributed by atoms with Crippen molar-refractivity contribution in [3.05, 3.63) is 35.9 Å². The first kappa shape index (κ1) is 18.7. The Labute approximate surface area is 139 Å². The van der Waals surface area contributed by atoms with Gasteiger partial charge in [-0.3, -0.25) is 9.69 Å². The maximum Gasteiger partial charge on any atom is 0.405 e. The highest BCUT2D eigenvalue weighted by atomic mass is 19.4. The molecule has 1 aromatic carbocycles. The smallest absolute Gasteiger partial charge is 0.389 e. The number of nitrogens with zero attached hydrogens (tertiary/aromatic N) is 1. The van der Waals surface area contributed by atoms with E-state index in [0.29, 0.717) is 19.4 Å². The van der Waals surface area contributed by atoms with Crippen LogP contribution in [-0.4, -0.2) is 47.3 Å². The first-order valence-electron chi connectivity index (χ1n) is 8.08. The van der Waals surface area contributed by atoms with Crippen LogP contribution < -0.4 is 5.32 Å². The number of nitrogens with one attached hydrogen (secondary N) is 1. The first-order valence-corrected chi connectivity index (χ1v) is 8.08. The van der Waals surface area contributed by atoms with Gasteiger partial charge in [0.05, 0.1) is 12.1 Å². The average Bonchev–Trinajstić information content (AvgIpc) is 2.92. The molecule has 0 heterocycles. The molecular formula is C17H23F3N2O2. The Kier molecular flexibility index (Phi) is 6.23. The summed E-state index contributed by atoms with van der Waals surface area (Å²) in [6, 6.07) is 9.37. The van der Waals surface area contributed by atoms with Crippen LogP contribution in [0.3, 0.4) is 0 Å². The number of aliphatic hydroxyl groups is 1. The van der Waals surface area contributed by atoms with E-state index < -0.39 is 24.2 Å². The predicted octanol–water partition coefficient (Wildman–Crippen LogP) is 2.47. The molecule has 4 nitrogen and oxygen atoms in total. The van der Waals surface area contributed by atoms with Gasteiger partial charge < -0.3 is 10.4 Å². The zero-order valence-corrected chi connectivity index (χ0v) is 13.5. The second-order valence-corrected chi connectivity index (χ2v) is 6.45. The van der Waals surface area contributed by atoms with Gasteiger partial charge >= 0.3 is 6.18 Å². The summed E-state index contributed by atoms with van der Waals surface area (Å²) in [5.41, 5.74) is 0.0849. The van der Waals surface area contributed by atoms with Crippen molar-refractivity contribution in [2.45, 2.75) is 44.0 Å². The van der Waals surface area contributed by atoms with Gasteiger partial charge in [-0.1, -0.05) is 43.2 Å². The molecule has 2 N–H and O–H groups in total. The topological polar surface area (TPSA) is 52.6 Å². The minimum atomic E-state index is -4.43. The zero-order chi connectivity index (χ0) is 17.6. The third-order valence-electron chi connectivity index (χ3n) is 4.15. The number of alkyl halides is 3. The van der Waals surface area contributed by atoms with E-state index in [2.05, 4.69) is 0 Å². The highest BCUT2D eigenvalue weighted by Gasteiger charge is 2.34. The van der Waals surface area contributed by atoms with Gasteiger partial charge in [0.15, 0.2) is 0 Å². The van der Waals surface area contributed by atoms with E-state index in [0.717, 1.165) is 18.4 Å². The van der Waals surface area contributed by atoms with Gasteiger partial charge in [0.25, 0.3) is 0 Å². The molecule has 0 aliphatic heterocycles. The standard InChI is InChI=1S/C17H23F3N2O2/c18-17(19,20)12-21-15(23)11-22(10-14-6-2-1-3-7-14)13-16(24)8-4-5-9-16/h1-3,6-7,24H,4-5,8-13H2,(H,21,23). The summed E-state index contributed by atoms with van der Waals surface area (Å²) >= 11 is 0. The molecule has 0 aromatic heterocycles. The third kappa shape index (κ3) is 6.49. The normalized spacial score (nSPS) is 17.2. The minimum absolute atomic E-state index is 0.173. The molecule has 0 atom stereocenters. The van der Waals surface area contributed by atoms with Crippen LogP contribution in [0, 0.1) is 0 Å². The third-order valence-corrected chi connectivity index (χ3v) is 4.15. The molecule has 0 spiro atoms. The summed E-state index contributed by atoms with van der Waals surface area (Å²) in [6.45, 7) is -0.827. The lowest BCUT2D eigenvalue weighted by Gasteiger charge is -2.31. The van der Waals surface area contributed by atoms with Crippen LogP contribution >= 0.6 is 0 Å². The molecule has 1 aliphatic carbocycles. The molecule has 0 saturated heterocycles. The molecular weight excluding hydrogens is 321 g/mol. The van der Waals surface area contributed by atoms with Gasteiger partial charge in [0, 0.05) is 13.1 Å². The van der Waals surface area contributed by atoms with Gasteiger partial charge in [-0.05, 0) is 18.4 Å². The minimum Gasteiger partial charge on any atom is -0.389 e. The molecule has 7 heteroatoms. The fourth-order valence-corrected chi connectivity index (χ4v) is 3.07. The Morgan fingerprint density at radius 1 is 1.21 bits per heavy atom. The number of amides is 1. The van der Waals surface area contributed by atoms with Crippen LogP contribution in [0.15, 0.2) is 30.3 Å². The molecule has 0 bridgehead atoms. The fourth-order valence-electron chi connectivity index (χ4n) is 3.07. The summed E-state index contributed by atoms with van der Waals surface area (Å²) < 4.78 is 36.7. The number of benzene rings is 1. The first-order chi connectivity index (χ1) is 11.3. The van der Waals surface area contributed by atoms with Gasteiger partial charge in [0.2, 0.25) is 5.91 Å². The van der Waals surface area contributed by atoms with Crippen molar-refractivity contribution in [3.63, 3.8) is 0 Å². The number of carbonyl (C=O) groups is 1. The summed E-state index contributed by atoms with van der Waals surface area (Å²) in [7, 11) is 0. The van der Waals surface area contributed by atoms with Crippen molar-refractivity contribution in [2.24, 2.45) is 0 Å². The fraction of sp³-hybridized carbons (Fsp3) is 0.588. The van der Waals surface area contributed by atoms with Crippen LogP contribution in [0.25, 0.3) is 0 Å². The Hall–Kier alpha value is -1.60. The zero-order valence-electron chi connectivity index (χ0n) is 13.5. The van der Waals surface area contributed by atoms with Crippen molar-refractivity contribution >= 4 is 5.91 Å². The molecule has 1 fully saturated rings. The Morgan fingerprint density at radius 3 is 2.42 bits per heavy atom. The average molecular weight is 344 g/mol. The van der Waals surface area contributed by atoms with E-state index in [9.17, 15) is 23.1 Å². The van der Waals surface area contributed by atoms with Gasteiger partial charge in [-0.2, -0.15) is 13.2 Å². The quantitative estimate of drug-likeness (QED) is 0.799. The number of carbonyl (C=O) groups excluding carboxylic acids is 1. The lowest BCUT2D eigenvalue weighted by Crippen LogP contribution is -2.46. The van der Waals surface area contributed by atoms with E-state index >= 15 is 0 Å². The highest BCUT2D eigenvalue weighted by Crippen LogP contribution is 2.30. The van der Waals surface area contributed by atoms with Crippen molar-refractivity contribution in [2.75, 3.05) is 19.6 Å². The van der Waals surface area contributed by atoms with Crippen molar-refractivity contribution < 1.29 is 23.1 Å². The van der Waals surface area contributed by atoms with Crippen LogP contribution in [0.2, 0.25) is 0 Å². The van der Waals surface area contributed by atoms with Crippen LogP contribution in [0.4, 0.5) is 13.2 Å². The lowest BCUT2D eigenvalue weighted by atomic mass is 10.0. The summed E-state index contributed by atoms with van der Waals surface area (Å²) in [4.78, 5) is 13.5. The number of hydrogen-bond acceptors (Lipinski definition) is 3. The lowest BCUT2D eigenvalue weighted by molar-refractivity contribution is -0.139. The van der Waals surface area contributed by atoms with E-state index in [1.807, 2.05) is 35.6 Å². The summed E-state index contributed by atoms with van der Waals surface area (Å²) in [5, 5.41) is 12.4. The SMILES string of the molecule is O=C(CN(Cc1ccccc1)CC1(O)CCCC1)NCC(F)(F)F. The maximum absolute atomic E-state index is 12.2. The molecule has 2 rings (SSSR count). The van der Waals surface area contributed by atoms with E-state index in [1.54, 1.807) is 4.90 Å². The van der Waals surface area contributed by atoms with E-state index in [4.69, 9.17) is 0 Å². The second-order valence-electron chi connectivity index (χ2n) is 6.45. The second kappa shape index (κ2) is 7.98. The van der Waals surface area contributed by atoms with Gasteiger partial charge in [-0.25, -0.2) is 0 Å². The largest absolute Gasteiger partial charge is 0.405 e. The number of hydrogen-bond donors (Lipinski definition) is 2. The molecule has 134 valence electrons. The van der Waals surface area contributed by atoms with E-state index in [-0.39, 0.29) is 13.1 Å². The summed E-state index contributed by atoms with van der Waals surface area (Å²) in [5.74, 6) is -0.690. The van der Waals surface area contributed by atoms with Gasteiger partial charge in [-0.15, -0.1) is 0 Å². The number of halogens is 3. The Balaban J connectivity index is 1.97. The molecule has 1 saturated carbocycles. The molecule has 0 unspecified atom stereocenters. The van der Waals surface area contributed by atoms with Crippen molar-refractivity contribution in [1.82, 2.24) is 10.2 Å². The van der Waals surface area contributed by atoms with Crippen molar-refractivity contribution in [3.8, 4) is 0 Å². The molecule has 24 heavy (non-hydrogen) atoms.